The van der Waals surface area contributed by atoms with Gasteiger partial charge in [-0.2, -0.15) is 5.10 Å². The fraction of sp³-hybridized carbons (Fsp3) is 0.429. The van der Waals surface area contributed by atoms with Crippen LogP contribution in [0.5, 0.6) is 0 Å². The molecular weight excluding hydrogens is 276 g/mol. The van der Waals surface area contributed by atoms with Crippen molar-refractivity contribution in [3.63, 3.8) is 0 Å². The molecule has 1 heterocycles. The standard InChI is InChI=1S/C14H20N4O.ClH/c1-14(2,8-15)9-18(3)13(19)12-10-6-4-5-7-11(10)16-17-12;/h4-7H,8-9,15H2,1-3H3,(H,16,17);1H. The van der Waals surface area contributed by atoms with Crippen molar-refractivity contribution >= 4 is 29.2 Å². The Balaban J connectivity index is 0.00000200. The highest BCUT2D eigenvalue weighted by Crippen LogP contribution is 2.19. The van der Waals surface area contributed by atoms with Crippen LogP contribution >= 0.6 is 12.4 Å². The van der Waals surface area contributed by atoms with E-state index in [2.05, 4.69) is 10.2 Å². The van der Waals surface area contributed by atoms with Gasteiger partial charge in [-0.05, 0) is 18.0 Å². The number of nitrogens with one attached hydrogen (secondary N) is 1. The molecule has 110 valence electrons. The summed E-state index contributed by atoms with van der Waals surface area (Å²) in [6, 6.07) is 7.62. The average molecular weight is 297 g/mol. The van der Waals surface area contributed by atoms with Crippen molar-refractivity contribution in [2.75, 3.05) is 20.1 Å². The molecule has 3 N–H and O–H groups in total. The molecule has 1 aromatic heterocycles. The van der Waals surface area contributed by atoms with Gasteiger partial charge in [0.25, 0.3) is 5.91 Å². The van der Waals surface area contributed by atoms with E-state index in [1.807, 2.05) is 38.1 Å². The normalized spacial score (nSPS) is 11.2. The van der Waals surface area contributed by atoms with Crippen LogP contribution in [0, 0.1) is 5.41 Å². The molecule has 0 bridgehead atoms. The maximum absolute atomic E-state index is 12.4. The van der Waals surface area contributed by atoms with Gasteiger partial charge >= 0.3 is 0 Å². The van der Waals surface area contributed by atoms with Crippen LogP contribution in [0.3, 0.4) is 0 Å². The molecule has 0 spiro atoms. The number of hydrogen-bond acceptors (Lipinski definition) is 3. The van der Waals surface area contributed by atoms with Gasteiger partial charge < -0.3 is 10.6 Å². The summed E-state index contributed by atoms with van der Waals surface area (Å²) < 4.78 is 0. The number of fused-ring (bicyclic) bond motifs is 1. The van der Waals surface area contributed by atoms with Crippen molar-refractivity contribution < 1.29 is 4.79 Å². The van der Waals surface area contributed by atoms with Crippen LogP contribution in [-0.4, -0.2) is 41.1 Å². The number of benzene rings is 1. The highest BCUT2D eigenvalue weighted by Gasteiger charge is 2.24. The maximum Gasteiger partial charge on any atom is 0.274 e. The number of para-hydroxylation sites is 1. The first-order valence-corrected chi connectivity index (χ1v) is 6.33. The fourth-order valence-electron chi connectivity index (χ4n) is 2.09. The quantitative estimate of drug-likeness (QED) is 0.906. The smallest absolute Gasteiger partial charge is 0.274 e. The Morgan fingerprint density at radius 2 is 2.05 bits per heavy atom. The van der Waals surface area contributed by atoms with Crippen molar-refractivity contribution in [1.82, 2.24) is 15.1 Å². The van der Waals surface area contributed by atoms with Crippen molar-refractivity contribution in [1.29, 1.82) is 0 Å². The molecule has 0 aliphatic carbocycles. The Morgan fingerprint density at radius 1 is 1.40 bits per heavy atom. The number of aromatic amines is 1. The molecule has 1 aromatic carbocycles. The van der Waals surface area contributed by atoms with Gasteiger partial charge in [0.15, 0.2) is 5.69 Å². The highest BCUT2D eigenvalue weighted by atomic mass is 35.5. The van der Waals surface area contributed by atoms with Crippen LogP contribution in [0.2, 0.25) is 0 Å². The van der Waals surface area contributed by atoms with E-state index < -0.39 is 0 Å². The zero-order valence-corrected chi connectivity index (χ0v) is 12.8. The molecular formula is C14H21ClN4O. The largest absolute Gasteiger partial charge is 0.340 e. The lowest BCUT2D eigenvalue weighted by molar-refractivity contribution is 0.0736. The van der Waals surface area contributed by atoms with E-state index in [4.69, 9.17) is 5.73 Å². The van der Waals surface area contributed by atoms with E-state index in [1.165, 1.54) is 0 Å². The van der Waals surface area contributed by atoms with Gasteiger partial charge in [0.2, 0.25) is 0 Å². The minimum absolute atomic E-state index is 0. The second-order valence-corrected chi connectivity index (χ2v) is 5.65. The summed E-state index contributed by atoms with van der Waals surface area (Å²) in [6.45, 7) is 5.22. The first-order valence-electron chi connectivity index (χ1n) is 6.33. The van der Waals surface area contributed by atoms with Gasteiger partial charge in [-0.1, -0.05) is 32.0 Å². The van der Waals surface area contributed by atoms with Crippen molar-refractivity contribution in [2.45, 2.75) is 13.8 Å². The molecule has 6 heteroatoms. The molecule has 0 fully saturated rings. The molecule has 0 radical (unpaired) electrons. The third-order valence-corrected chi connectivity index (χ3v) is 3.24. The molecule has 0 atom stereocenters. The topological polar surface area (TPSA) is 75.0 Å². The van der Waals surface area contributed by atoms with E-state index in [1.54, 1.807) is 11.9 Å². The number of carbonyl (C=O) groups is 1. The van der Waals surface area contributed by atoms with E-state index in [0.717, 1.165) is 10.9 Å². The lowest BCUT2D eigenvalue weighted by Crippen LogP contribution is -2.39. The summed E-state index contributed by atoms with van der Waals surface area (Å²) in [4.78, 5) is 14.1. The predicted molar refractivity (Wildman–Crippen MR) is 83.1 cm³/mol. The summed E-state index contributed by atoms with van der Waals surface area (Å²) in [5.41, 5.74) is 6.94. The zero-order chi connectivity index (χ0) is 14.0. The molecule has 2 aromatic rings. The number of halogens is 1. The number of hydrogen-bond donors (Lipinski definition) is 2. The van der Waals surface area contributed by atoms with Crippen molar-refractivity contribution in [2.24, 2.45) is 11.1 Å². The summed E-state index contributed by atoms with van der Waals surface area (Å²) >= 11 is 0. The Kier molecular flexibility index (Phi) is 5.14. The third-order valence-electron chi connectivity index (χ3n) is 3.24. The van der Waals surface area contributed by atoms with Gasteiger partial charge in [-0.15, -0.1) is 12.4 Å². The van der Waals surface area contributed by atoms with Gasteiger partial charge in [0.1, 0.15) is 0 Å². The molecule has 0 saturated carbocycles. The maximum atomic E-state index is 12.4. The van der Waals surface area contributed by atoms with Crippen LogP contribution in [0.25, 0.3) is 10.9 Å². The van der Waals surface area contributed by atoms with Crippen LogP contribution in [0.15, 0.2) is 24.3 Å². The lowest BCUT2D eigenvalue weighted by atomic mass is 9.93. The summed E-state index contributed by atoms with van der Waals surface area (Å²) in [7, 11) is 1.78. The summed E-state index contributed by atoms with van der Waals surface area (Å²) in [6.07, 6.45) is 0. The molecule has 2 rings (SSSR count). The Hall–Kier alpha value is -1.59. The number of nitrogens with two attached hydrogens (primary N) is 1. The summed E-state index contributed by atoms with van der Waals surface area (Å²) in [5, 5.41) is 7.86. The molecule has 1 amide bonds. The monoisotopic (exact) mass is 296 g/mol. The number of aromatic nitrogens is 2. The zero-order valence-electron chi connectivity index (χ0n) is 12.0. The van der Waals surface area contributed by atoms with Crippen LogP contribution < -0.4 is 5.73 Å². The molecule has 5 nitrogen and oxygen atoms in total. The summed E-state index contributed by atoms with van der Waals surface area (Å²) in [5.74, 6) is -0.0843. The first-order chi connectivity index (χ1) is 8.94. The predicted octanol–water partition coefficient (Wildman–Crippen LogP) is 2.04. The van der Waals surface area contributed by atoms with E-state index in [-0.39, 0.29) is 23.7 Å². The van der Waals surface area contributed by atoms with Gasteiger partial charge in [-0.25, -0.2) is 0 Å². The van der Waals surface area contributed by atoms with Crippen molar-refractivity contribution in [3.05, 3.63) is 30.0 Å². The molecule has 0 saturated heterocycles. The lowest BCUT2D eigenvalue weighted by Gasteiger charge is -2.28. The third kappa shape index (κ3) is 3.29. The number of amides is 1. The molecule has 20 heavy (non-hydrogen) atoms. The second-order valence-electron chi connectivity index (χ2n) is 5.65. The van der Waals surface area contributed by atoms with Gasteiger partial charge in [0.05, 0.1) is 5.52 Å². The molecule has 0 aliphatic heterocycles. The van der Waals surface area contributed by atoms with E-state index >= 15 is 0 Å². The minimum Gasteiger partial charge on any atom is -0.340 e. The Bertz CT molecular complexity index is 594. The molecule has 0 unspecified atom stereocenters. The second kappa shape index (κ2) is 6.24. The van der Waals surface area contributed by atoms with Gasteiger partial charge in [0, 0.05) is 19.0 Å². The van der Waals surface area contributed by atoms with Crippen LogP contribution in [0.1, 0.15) is 24.3 Å². The number of carbonyl (C=O) groups excluding carboxylic acids is 1. The highest BCUT2D eigenvalue weighted by molar-refractivity contribution is 6.04. The Labute approximate surface area is 124 Å². The van der Waals surface area contributed by atoms with E-state index in [9.17, 15) is 4.79 Å². The Morgan fingerprint density at radius 3 is 2.70 bits per heavy atom. The SMILES string of the molecule is CN(CC(C)(C)CN)C(=O)c1n[nH]c2ccccc12.Cl. The van der Waals surface area contributed by atoms with Crippen LogP contribution in [0.4, 0.5) is 0 Å². The average Bonchev–Trinajstić information content (AvgIpc) is 2.81. The fourth-order valence-corrected chi connectivity index (χ4v) is 2.09. The van der Waals surface area contributed by atoms with E-state index in [0.29, 0.717) is 18.8 Å². The molecule has 0 aliphatic rings. The minimum atomic E-state index is -0.101. The first kappa shape index (κ1) is 16.5. The van der Waals surface area contributed by atoms with Gasteiger partial charge in [-0.3, -0.25) is 9.89 Å². The number of rotatable bonds is 4. The van der Waals surface area contributed by atoms with Crippen LogP contribution in [-0.2, 0) is 0 Å². The van der Waals surface area contributed by atoms with Crippen molar-refractivity contribution in [3.8, 4) is 0 Å². The number of H-pyrrole nitrogens is 1. The number of nitrogens with zero attached hydrogens (tertiary/aromatic N) is 2.